The molecule has 2 heteroatoms. The Labute approximate surface area is 84.2 Å². The maximum Gasteiger partial charge on any atom is 0.0466 e. The number of hydrogen-bond donors (Lipinski definition) is 2. The fraction of sp³-hybridized carbons (Fsp3) is 0.500. The van der Waals surface area contributed by atoms with Crippen molar-refractivity contribution < 1.29 is 10.2 Å². The molecule has 0 aliphatic heterocycles. The van der Waals surface area contributed by atoms with E-state index in [4.69, 9.17) is 0 Å². The van der Waals surface area contributed by atoms with E-state index in [2.05, 4.69) is 12.1 Å². The number of hydrogen-bond acceptors (Lipinski definition) is 2. The lowest BCUT2D eigenvalue weighted by molar-refractivity contribution is 0.113. The van der Waals surface area contributed by atoms with Gasteiger partial charge in [0.15, 0.2) is 0 Å². The zero-order valence-corrected chi connectivity index (χ0v) is 8.19. The van der Waals surface area contributed by atoms with E-state index >= 15 is 0 Å². The molecular weight excluding hydrogens is 176 g/mol. The minimum atomic E-state index is 0.180. The summed E-state index contributed by atoms with van der Waals surface area (Å²) < 4.78 is 0. The summed E-state index contributed by atoms with van der Waals surface area (Å²) in [6.07, 6.45) is 1.80. The number of rotatable bonds is 2. The molecule has 0 amide bonds. The Kier molecular flexibility index (Phi) is 2.85. The summed E-state index contributed by atoms with van der Waals surface area (Å²) in [5.74, 6) is 0.463. The smallest absolute Gasteiger partial charge is 0.0466 e. The molecule has 0 saturated heterocycles. The van der Waals surface area contributed by atoms with Gasteiger partial charge in [-0.15, -0.1) is 0 Å². The number of benzene rings is 1. The Hall–Kier alpha value is -0.860. The summed E-state index contributed by atoms with van der Waals surface area (Å²) in [4.78, 5) is 0. The quantitative estimate of drug-likeness (QED) is 0.734. The van der Waals surface area contributed by atoms with E-state index in [-0.39, 0.29) is 25.0 Å². The van der Waals surface area contributed by atoms with Crippen molar-refractivity contribution in [3.8, 4) is 0 Å². The largest absolute Gasteiger partial charge is 0.396 e. The SMILES string of the molecule is OC[C@@H]1Cc2ccccc2C[C@H]1CO. The molecule has 0 unspecified atom stereocenters. The van der Waals surface area contributed by atoms with Crippen LogP contribution in [0.25, 0.3) is 0 Å². The van der Waals surface area contributed by atoms with Crippen molar-refractivity contribution in [2.75, 3.05) is 13.2 Å². The van der Waals surface area contributed by atoms with Crippen LogP contribution in [0.3, 0.4) is 0 Å². The second-order valence-corrected chi connectivity index (χ2v) is 4.06. The van der Waals surface area contributed by atoms with E-state index in [9.17, 15) is 10.2 Å². The first-order valence-electron chi connectivity index (χ1n) is 5.13. The molecule has 76 valence electrons. The molecule has 0 heterocycles. The maximum absolute atomic E-state index is 9.21. The second kappa shape index (κ2) is 4.11. The molecule has 2 atom stereocenters. The van der Waals surface area contributed by atoms with Crippen molar-refractivity contribution in [2.45, 2.75) is 12.8 Å². The van der Waals surface area contributed by atoms with Gasteiger partial charge in [-0.3, -0.25) is 0 Å². The average molecular weight is 192 g/mol. The lowest BCUT2D eigenvalue weighted by Gasteiger charge is -2.30. The molecular formula is C12H16O2. The highest BCUT2D eigenvalue weighted by atomic mass is 16.3. The number of aliphatic hydroxyl groups is 2. The number of fused-ring (bicyclic) bond motifs is 1. The molecule has 1 aromatic rings. The second-order valence-electron chi connectivity index (χ2n) is 4.06. The summed E-state index contributed by atoms with van der Waals surface area (Å²) in [6.45, 7) is 0.360. The van der Waals surface area contributed by atoms with Gasteiger partial charge in [-0.05, 0) is 35.8 Å². The van der Waals surface area contributed by atoms with Crippen molar-refractivity contribution in [2.24, 2.45) is 11.8 Å². The zero-order chi connectivity index (χ0) is 9.97. The minimum absolute atomic E-state index is 0.180. The van der Waals surface area contributed by atoms with Crippen LogP contribution in [0.5, 0.6) is 0 Å². The molecule has 2 nitrogen and oxygen atoms in total. The van der Waals surface area contributed by atoms with E-state index in [1.165, 1.54) is 11.1 Å². The Morgan fingerprint density at radius 3 is 1.71 bits per heavy atom. The lowest BCUT2D eigenvalue weighted by atomic mass is 9.76. The molecule has 0 fully saturated rings. The highest BCUT2D eigenvalue weighted by Crippen LogP contribution is 2.29. The predicted molar refractivity (Wildman–Crippen MR) is 55.0 cm³/mol. The molecule has 14 heavy (non-hydrogen) atoms. The molecule has 1 aromatic carbocycles. The van der Waals surface area contributed by atoms with Crippen LogP contribution in [-0.4, -0.2) is 23.4 Å². The molecule has 0 radical (unpaired) electrons. The standard InChI is InChI=1S/C12H16O2/c13-7-11-5-9-3-1-2-4-10(9)6-12(11)8-14/h1-4,11-14H,5-8H2/t11-,12-/m0/s1. The van der Waals surface area contributed by atoms with Crippen LogP contribution in [-0.2, 0) is 12.8 Å². The number of aliphatic hydroxyl groups excluding tert-OH is 2. The fourth-order valence-corrected chi connectivity index (χ4v) is 2.28. The van der Waals surface area contributed by atoms with Crippen LogP contribution in [0.2, 0.25) is 0 Å². The third-order valence-electron chi connectivity index (χ3n) is 3.22. The van der Waals surface area contributed by atoms with Crippen molar-refractivity contribution in [1.29, 1.82) is 0 Å². The Bertz CT molecular complexity index is 278. The van der Waals surface area contributed by atoms with Crippen LogP contribution in [0, 0.1) is 11.8 Å². The Morgan fingerprint density at radius 1 is 0.929 bits per heavy atom. The zero-order valence-electron chi connectivity index (χ0n) is 8.19. The van der Waals surface area contributed by atoms with Gasteiger partial charge < -0.3 is 10.2 Å². The van der Waals surface area contributed by atoms with Gasteiger partial charge >= 0.3 is 0 Å². The molecule has 0 spiro atoms. The third kappa shape index (κ3) is 1.68. The van der Waals surface area contributed by atoms with Gasteiger partial charge in [0.1, 0.15) is 0 Å². The first-order chi connectivity index (χ1) is 6.85. The lowest BCUT2D eigenvalue weighted by Crippen LogP contribution is -2.30. The van der Waals surface area contributed by atoms with E-state index in [0.29, 0.717) is 0 Å². The molecule has 1 aliphatic carbocycles. The summed E-state index contributed by atoms with van der Waals surface area (Å²) in [5, 5.41) is 18.4. The van der Waals surface area contributed by atoms with Crippen LogP contribution in [0.1, 0.15) is 11.1 Å². The molecule has 2 N–H and O–H groups in total. The summed E-state index contributed by atoms with van der Waals surface area (Å²) in [5.41, 5.74) is 2.66. The Morgan fingerprint density at radius 2 is 1.36 bits per heavy atom. The molecule has 0 aromatic heterocycles. The highest BCUT2D eigenvalue weighted by molar-refractivity contribution is 5.30. The minimum Gasteiger partial charge on any atom is -0.396 e. The normalized spacial score (nSPS) is 25.9. The predicted octanol–water partition coefficient (Wildman–Crippen LogP) is 1.00. The first kappa shape index (κ1) is 9.69. The molecule has 2 rings (SSSR count). The third-order valence-corrected chi connectivity index (χ3v) is 3.22. The van der Waals surface area contributed by atoms with Crippen molar-refractivity contribution in [1.82, 2.24) is 0 Å². The van der Waals surface area contributed by atoms with Gasteiger partial charge in [-0.2, -0.15) is 0 Å². The topological polar surface area (TPSA) is 40.5 Å². The van der Waals surface area contributed by atoms with Crippen molar-refractivity contribution in [3.05, 3.63) is 35.4 Å². The summed E-state index contributed by atoms with van der Waals surface area (Å²) in [6, 6.07) is 8.30. The highest BCUT2D eigenvalue weighted by Gasteiger charge is 2.26. The van der Waals surface area contributed by atoms with Gasteiger partial charge in [-0.25, -0.2) is 0 Å². The van der Waals surface area contributed by atoms with Crippen LogP contribution in [0.15, 0.2) is 24.3 Å². The first-order valence-corrected chi connectivity index (χ1v) is 5.13. The monoisotopic (exact) mass is 192 g/mol. The van der Waals surface area contributed by atoms with Gasteiger partial charge in [0.05, 0.1) is 0 Å². The summed E-state index contributed by atoms with van der Waals surface area (Å²) >= 11 is 0. The van der Waals surface area contributed by atoms with Crippen molar-refractivity contribution in [3.63, 3.8) is 0 Å². The van der Waals surface area contributed by atoms with Crippen LogP contribution < -0.4 is 0 Å². The van der Waals surface area contributed by atoms with Gasteiger partial charge in [0, 0.05) is 13.2 Å². The van der Waals surface area contributed by atoms with Gasteiger partial charge in [-0.1, -0.05) is 24.3 Å². The van der Waals surface area contributed by atoms with Crippen molar-refractivity contribution >= 4 is 0 Å². The average Bonchev–Trinajstić information content (AvgIpc) is 2.27. The van der Waals surface area contributed by atoms with Crippen LogP contribution in [0.4, 0.5) is 0 Å². The van der Waals surface area contributed by atoms with Gasteiger partial charge in [0.25, 0.3) is 0 Å². The van der Waals surface area contributed by atoms with Gasteiger partial charge in [0.2, 0.25) is 0 Å². The molecule has 1 aliphatic rings. The van der Waals surface area contributed by atoms with Crippen LogP contribution >= 0.6 is 0 Å². The van der Waals surface area contributed by atoms with E-state index in [0.717, 1.165) is 12.8 Å². The maximum atomic E-state index is 9.21. The van der Waals surface area contributed by atoms with E-state index in [1.54, 1.807) is 0 Å². The molecule has 0 bridgehead atoms. The van der Waals surface area contributed by atoms with E-state index < -0.39 is 0 Å². The summed E-state index contributed by atoms with van der Waals surface area (Å²) in [7, 11) is 0. The van der Waals surface area contributed by atoms with E-state index in [1.807, 2.05) is 12.1 Å². The Balaban J connectivity index is 2.25. The molecule has 0 saturated carbocycles. The fourth-order valence-electron chi connectivity index (χ4n) is 2.28.